The second-order valence-electron chi connectivity index (χ2n) is 24.6. The second-order valence-corrected chi connectivity index (χ2v) is 25.7. The van der Waals surface area contributed by atoms with E-state index >= 15 is 0 Å². The summed E-state index contributed by atoms with van der Waals surface area (Å²) in [5, 5.41) is 27.5. The molecule has 0 bridgehead atoms. The van der Waals surface area contributed by atoms with E-state index in [1.165, 1.54) is 35.9 Å². The summed E-state index contributed by atoms with van der Waals surface area (Å²) >= 11 is 1.30. The van der Waals surface area contributed by atoms with Gasteiger partial charge in [0.15, 0.2) is 23.5 Å². The number of ketones is 2. The molecule has 0 aromatic heterocycles. The summed E-state index contributed by atoms with van der Waals surface area (Å²) in [6, 6.07) is 20.5. The van der Waals surface area contributed by atoms with E-state index < -0.39 is 47.4 Å². The maximum Gasteiger partial charge on any atom is 0.416 e. The van der Waals surface area contributed by atoms with E-state index in [1.807, 2.05) is 30.3 Å². The summed E-state index contributed by atoms with van der Waals surface area (Å²) < 4.78 is 29.6. The molecule has 5 heterocycles. The molecule has 1 unspecified atom stereocenters. The van der Waals surface area contributed by atoms with Crippen molar-refractivity contribution in [2.24, 2.45) is 16.6 Å². The van der Waals surface area contributed by atoms with Crippen LogP contribution in [0.2, 0.25) is 0 Å². The lowest BCUT2D eigenvalue weighted by atomic mass is 9.91. The number of methoxy groups -OCH3 is 1. The molecular formula is C71H86N8O16S. The van der Waals surface area contributed by atoms with Crippen LogP contribution in [0.4, 0.5) is 16.2 Å². The van der Waals surface area contributed by atoms with Crippen molar-refractivity contribution in [2.45, 2.75) is 133 Å². The van der Waals surface area contributed by atoms with Crippen molar-refractivity contribution in [3.05, 3.63) is 137 Å². The molecule has 96 heavy (non-hydrogen) atoms. The van der Waals surface area contributed by atoms with Crippen molar-refractivity contribution in [1.29, 1.82) is 0 Å². The predicted octanol–water partition coefficient (Wildman–Crippen LogP) is 6.50. The predicted molar refractivity (Wildman–Crippen MR) is 359 cm³/mol. The number of Topliss-reactive ketones (excluding diaryl/α,β-unsaturated/α-hetero) is 2. The van der Waals surface area contributed by atoms with Crippen molar-refractivity contribution in [1.82, 2.24) is 25.3 Å². The average Bonchev–Trinajstić information content (AvgIpc) is 1.55. The first-order chi connectivity index (χ1) is 46.4. The molecule has 4 aromatic rings. The number of thioether (sulfide) groups is 1. The Kier molecular flexibility index (Phi) is 25.5. The number of nitrogens with one attached hydrogen (secondary N) is 2. The number of hydrogen-bond acceptors (Lipinski definition) is 19. The van der Waals surface area contributed by atoms with Gasteiger partial charge in [0.25, 0.3) is 11.8 Å². The van der Waals surface area contributed by atoms with Gasteiger partial charge in [0, 0.05) is 88.1 Å². The molecular weight excluding hydrogens is 1250 g/mol. The van der Waals surface area contributed by atoms with E-state index in [-0.39, 0.29) is 162 Å². The minimum Gasteiger partial charge on any atom is -0.493 e. The lowest BCUT2D eigenvalue weighted by Gasteiger charge is -2.31. The van der Waals surface area contributed by atoms with Crippen LogP contribution in [0.3, 0.4) is 0 Å². The average molecular weight is 1340 g/mol. The van der Waals surface area contributed by atoms with Crippen LogP contribution in [0, 0.1) is 5.92 Å². The number of carbonyl (C=O) groups excluding carboxylic acids is 9. The highest BCUT2D eigenvalue weighted by Crippen LogP contribution is 2.43. The number of carbonyl (C=O) groups is 9. The zero-order valence-electron chi connectivity index (χ0n) is 54.5. The van der Waals surface area contributed by atoms with Gasteiger partial charge in [-0.3, -0.25) is 48.2 Å². The first-order valence-corrected chi connectivity index (χ1v) is 33.9. The van der Waals surface area contributed by atoms with Crippen LogP contribution in [-0.4, -0.2) is 186 Å². The number of likely N-dealkylation sites (tertiary alicyclic amines) is 1. The molecule has 9 rings (SSSR count). The Hall–Kier alpha value is -8.75. The van der Waals surface area contributed by atoms with E-state index in [0.717, 1.165) is 20.9 Å². The number of anilines is 1. The number of unbranched alkanes of at least 4 members (excludes halogenated alkanes) is 3. The van der Waals surface area contributed by atoms with Crippen molar-refractivity contribution in [2.75, 3.05) is 77.4 Å². The zero-order chi connectivity index (χ0) is 68.4. The molecule has 24 nitrogen and oxygen atoms in total. The van der Waals surface area contributed by atoms with Gasteiger partial charge in [0.2, 0.25) is 23.6 Å². The number of nitrogens with zero attached hydrogens (tertiary/aromatic N) is 5. The standard InChI is InChI=1S/C71H86N8O16S/c1-44-29-51-39-74-56-36-60(50(42-80)34-53(56)67(86)77(51)40-44)93-25-11-6-12-26-94-62-37-57-54(35-61(62)91-3)68(87)78-41-45(2)30-58(78)69(88)79(57)71(90)95-43-48-18-16-47(17-19-48)32-59(82)55(15-9-10-22-72)75-66(85)49(31-46-13-7-5-8-14-46)33-52(81)21-27-92-28-23-73-64(83)20-24-76-65(84)38-63(96-4)70(76)89/h5,7-8,13-14,16-19,34-37,39,49,51,55,58,63,69,80,88H,1-2,6,9-12,15,20-33,38,40-43,72H2,3-4H3,(H,73,83)(H,75,85)/t49-,51+,55+,58+,63?,69+/m1/s1. The van der Waals surface area contributed by atoms with E-state index in [4.69, 9.17) is 29.4 Å². The fourth-order valence-electron chi connectivity index (χ4n) is 12.4. The van der Waals surface area contributed by atoms with E-state index in [2.05, 4.69) is 28.8 Å². The quantitative estimate of drug-likeness (QED) is 0.0187. The number of aliphatic hydroxyl groups is 2. The van der Waals surface area contributed by atoms with Crippen molar-refractivity contribution < 1.29 is 77.0 Å². The van der Waals surface area contributed by atoms with Crippen molar-refractivity contribution in [3.63, 3.8) is 0 Å². The molecule has 6 N–H and O–H groups in total. The van der Waals surface area contributed by atoms with Crippen LogP contribution in [0.5, 0.6) is 17.2 Å². The molecule has 5 aliphatic heterocycles. The van der Waals surface area contributed by atoms with Crippen LogP contribution >= 0.6 is 11.8 Å². The number of hydrogen-bond donors (Lipinski definition) is 5. The van der Waals surface area contributed by atoms with Crippen LogP contribution in [-0.2, 0) is 64.3 Å². The number of nitrogens with two attached hydrogens (primary N) is 1. The Balaban J connectivity index is 0.775. The van der Waals surface area contributed by atoms with Crippen LogP contribution in [0.15, 0.2) is 108 Å². The van der Waals surface area contributed by atoms with Gasteiger partial charge < -0.3 is 60.1 Å². The fraction of sp³-hybridized carbons (Fsp3) is 0.465. The smallest absolute Gasteiger partial charge is 0.416 e. The maximum absolute atomic E-state index is 14.4. The Morgan fingerprint density at radius 1 is 0.781 bits per heavy atom. The molecule has 5 aliphatic rings. The lowest BCUT2D eigenvalue weighted by Crippen LogP contribution is -2.50. The number of aliphatic imine (C=N–C) groups is 1. The summed E-state index contributed by atoms with van der Waals surface area (Å²) in [6.07, 6.45) is 5.39. The largest absolute Gasteiger partial charge is 0.493 e. The van der Waals surface area contributed by atoms with Gasteiger partial charge >= 0.3 is 6.09 Å². The molecule has 0 radical (unpaired) electrons. The minimum absolute atomic E-state index is 0.00179. The number of imide groups is 1. The third kappa shape index (κ3) is 18.2. The molecule has 0 saturated carbocycles. The van der Waals surface area contributed by atoms with Gasteiger partial charge in [-0.2, -0.15) is 11.8 Å². The highest BCUT2D eigenvalue weighted by atomic mass is 32.2. The molecule has 4 aromatic carbocycles. The topological polar surface area (TPSA) is 316 Å². The molecule has 3 saturated heterocycles. The fourth-order valence-corrected chi connectivity index (χ4v) is 13.1. The van der Waals surface area contributed by atoms with Crippen LogP contribution in [0.25, 0.3) is 0 Å². The monoisotopic (exact) mass is 1340 g/mol. The van der Waals surface area contributed by atoms with E-state index in [9.17, 15) is 53.4 Å². The van der Waals surface area contributed by atoms with Gasteiger partial charge in [-0.25, -0.2) is 9.69 Å². The van der Waals surface area contributed by atoms with E-state index in [0.29, 0.717) is 104 Å². The van der Waals surface area contributed by atoms with Crippen LogP contribution < -0.4 is 35.5 Å². The van der Waals surface area contributed by atoms with Gasteiger partial charge in [-0.05, 0) is 99.4 Å². The molecule has 6 atom stereocenters. The number of ether oxygens (including phenoxy) is 5. The molecule has 0 spiro atoms. The van der Waals surface area contributed by atoms with Gasteiger partial charge in [0.1, 0.15) is 18.1 Å². The Bertz CT molecular complexity index is 3570. The molecule has 7 amide bonds. The minimum atomic E-state index is -1.55. The maximum atomic E-state index is 14.4. The number of fused-ring (bicyclic) bond motifs is 4. The third-order valence-electron chi connectivity index (χ3n) is 17.7. The lowest BCUT2D eigenvalue weighted by molar-refractivity contribution is -0.138. The highest BCUT2D eigenvalue weighted by Gasteiger charge is 2.47. The number of benzene rings is 4. The number of amides is 7. The van der Waals surface area contributed by atoms with Crippen molar-refractivity contribution in [3.8, 4) is 17.2 Å². The molecule has 25 heteroatoms. The molecule has 512 valence electrons. The van der Waals surface area contributed by atoms with Crippen molar-refractivity contribution >= 4 is 82.5 Å². The second kappa shape index (κ2) is 34.3. The van der Waals surface area contributed by atoms with E-state index in [1.54, 1.807) is 53.8 Å². The molecule has 0 aliphatic carbocycles. The summed E-state index contributed by atoms with van der Waals surface area (Å²) in [7, 11) is 1.43. The summed E-state index contributed by atoms with van der Waals surface area (Å²) in [4.78, 5) is 131. The first-order valence-electron chi connectivity index (χ1n) is 32.6. The Morgan fingerprint density at radius 3 is 2.22 bits per heavy atom. The normalized spacial score (nSPS) is 18.7. The number of rotatable bonds is 35. The molecule has 3 fully saturated rings. The zero-order valence-corrected chi connectivity index (χ0v) is 55.3. The third-order valence-corrected chi connectivity index (χ3v) is 18.6. The highest BCUT2D eigenvalue weighted by molar-refractivity contribution is 8.00. The summed E-state index contributed by atoms with van der Waals surface area (Å²) in [5.74, 6) is -2.41. The summed E-state index contributed by atoms with van der Waals surface area (Å²) in [5.41, 5.74) is 11.0. The summed E-state index contributed by atoms with van der Waals surface area (Å²) in [6.45, 7) is 9.34. The number of aliphatic hydroxyl groups excluding tert-OH is 2. The van der Waals surface area contributed by atoms with Crippen LogP contribution in [0.1, 0.15) is 120 Å². The first kappa shape index (κ1) is 71.5. The van der Waals surface area contributed by atoms with Gasteiger partial charge in [-0.15, -0.1) is 0 Å². The Labute approximate surface area is 562 Å². The SMILES string of the molecule is C=C1C[C@H]2C=Nc3cc(OCCCCCOc4cc5c(cc4OC)C(=O)N4CC(=C)C[C@H]4[C@H](O)N5C(=O)OCc4ccc(CC(=O)[C@H](CCCCN)NC(=O)[C@@H](CC(=O)CCOCCNC(=O)CCN5C(=O)CC(SC)C5=O)Cc5ccccc5)cc4)c(CO)cc3C(=O)N2C1. The van der Waals surface area contributed by atoms with Gasteiger partial charge in [0.05, 0.1) is 86.0 Å². The Morgan fingerprint density at radius 2 is 1.50 bits per heavy atom. The van der Waals surface area contributed by atoms with Gasteiger partial charge in [-0.1, -0.05) is 78.9 Å².